The van der Waals surface area contributed by atoms with E-state index >= 15 is 4.39 Å². The molecule has 0 unspecified atom stereocenters. The van der Waals surface area contributed by atoms with Crippen molar-refractivity contribution in [2.75, 3.05) is 45.9 Å². The van der Waals surface area contributed by atoms with Crippen LogP contribution in [0.25, 0.3) is 11.1 Å². The number of aromatic nitrogens is 1. The number of rotatable bonds is 26. The summed E-state index contributed by atoms with van der Waals surface area (Å²) in [5.41, 5.74) is 12.7. The van der Waals surface area contributed by atoms with E-state index in [4.69, 9.17) is 16.2 Å². The molecule has 8 N–H and O–H groups in total. The molecule has 1 aromatic heterocycles. The summed E-state index contributed by atoms with van der Waals surface area (Å²) < 4.78 is 37.3. The van der Waals surface area contributed by atoms with Gasteiger partial charge in [0.15, 0.2) is 5.78 Å². The summed E-state index contributed by atoms with van der Waals surface area (Å²) in [6.07, 6.45) is 3.56. The Kier molecular flexibility index (Phi) is 21.5. The molecule has 0 radical (unpaired) electrons. The summed E-state index contributed by atoms with van der Waals surface area (Å²) in [7, 11) is 0. The van der Waals surface area contributed by atoms with Crippen molar-refractivity contribution in [1.82, 2.24) is 35.2 Å². The van der Waals surface area contributed by atoms with Gasteiger partial charge in [-0.2, -0.15) is 0 Å². The number of carbonyl (C=O) groups excluding carboxylic acids is 9. The quantitative estimate of drug-likeness (QED) is 0.0384. The van der Waals surface area contributed by atoms with Gasteiger partial charge in [-0.3, -0.25) is 43.3 Å². The molecule has 1 fully saturated rings. The number of carbonyl (C=O) groups is 9. The first-order valence-electron chi connectivity index (χ1n) is 25.5. The highest BCUT2D eigenvalue weighted by Crippen LogP contribution is 2.41. The zero-order chi connectivity index (χ0) is 55.9. The van der Waals surface area contributed by atoms with Crippen molar-refractivity contribution in [1.29, 1.82) is 0 Å². The minimum atomic E-state index is -1.18. The number of urea groups is 1. The summed E-state index contributed by atoms with van der Waals surface area (Å²) in [6.45, 7) is 8.35. The second-order valence-corrected chi connectivity index (χ2v) is 20.5. The van der Waals surface area contributed by atoms with Crippen LogP contribution in [-0.2, 0) is 49.6 Å². The van der Waals surface area contributed by atoms with Crippen LogP contribution in [0.5, 0.6) is 0 Å². The number of ether oxygens (including phenoxy) is 1. The highest BCUT2D eigenvalue weighted by atomic mass is 19.1. The van der Waals surface area contributed by atoms with Gasteiger partial charge < -0.3 is 51.6 Å². The summed E-state index contributed by atoms with van der Waals surface area (Å²) in [5.74, 6) is -7.27. The Morgan fingerprint density at radius 3 is 2.20 bits per heavy atom. The van der Waals surface area contributed by atoms with E-state index in [9.17, 15) is 52.6 Å². The maximum atomic E-state index is 15.2. The Labute approximate surface area is 440 Å². The summed E-state index contributed by atoms with van der Waals surface area (Å²) >= 11 is 0. The molecule has 76 heavy (non-hydrogen) atoms. The van der Waals surface area contributed by atoms with Crippen LogP contribution in [0.1, 0.15) is 96.9 Å². The number of aliphatic hydroxyl groups excluding tert-OH is 1. The number of nitrogens with one attached hydrogen (secondary N) is 3. The van der Waals surface area contributed by atoms with Crippen molar-refractivity contribution in [3.8, 4) is 11.1 Å². The molecule has 5 rings (SSSR count). The third-order valence-corrected chi connectivity index (χ3v) is 13.3. The van der Waals surface area contributed by atoms with E-state index in [-0.39, 0.29) is 83.2 Å². The van der Waals surface area contributed by atoms with Crippen molar-refractivity contribution >= 4 is 53.2 Å². The van der Waals surface area contributed by atoms with Crippen LogP contribution in [0.15, 0.2) is 72.9 Å². The standard InChI is InChI=1S/C54H71F2N9O11/c1-33(2)49(43(67)27-35(12-9-21-60-53(58)75)52(74)76-38-18-23-62(24-19-38)47(71)31-65-45(69)15-16-46(65)70)61-44(68)17-22-59-51(73)41(57)20-25-64(48(72)32-66)50(54(3,4)5)42-26-36(39-28-37(55)13-14-40(39)56)30-63(42)29-34-10-7-6-8-11-34/h6-8,10-11,13-16,26,28,30,33,35,38,41,49-50,66H,9,12,17-25,27,29,31-32,57H2,1-5H3,(H,59,73)(H,61,68)(H3,58,60,75)/t35-,41+,49+,50+/m1/s1. The molecule has 412 valence electrons. The Balaban J connectivity index is 1.18. The molecule has 3 aromatic rings. The molecular weight excluding hydrogens is 989 g/mol. The number of benzene rings is 2. The molecule has 1 saturated heterocycles. The first-order chi connectivity index (χ1) is 36.0. The number of Topliss-reactive ketones (excluding diaryl/α,β-unsaturated/α-hetero) is 1. The molecule has 0 aliphatic carbocycles. The smallest absolute Gasteiger partial charge is 0.312 e. The molecule has 0 saturated carbocycles. The minimum absolute atomic E-state index is 0.0188. The van der Waals surface area contributed by atoms with E-state index in [0.717, 1.165) is 40.8 Å². The van der Waals surface area contributed by atoms with Gasteiger partial charge in [0.2, 0.25) is 23.6 Å². The van der Waals surface area contributed by atoms with E-state index in [2.05, 4.69) is 16.0 Å². The van der Waals surface area contributed by atoms with Gasteiger partial charge in [0.25, 0.3) is 11.8 Å². The number of hydrogen-bond acceptors (Lipinski definition) is 12. The van der Waals surface area contributed by atoms with Crippen molar-refractivity contribution in [3.63, 3.8) is 0 Å². The van der Waals surface area contributed by atoms with Gasteiger partial charge in [-0.25, -0.2) is 13.6 Å². The molecule has 20 nitrogen and oxygen atoms in total. The average molecular weight is 1060 g/mol. The van der Waals surface area contributed by atoms with Crippen molar-refractivity contribution in [3.05, 3.63) is 95.8 Å². The Bertz CT molecular complexity index is 2590. The number of primary amides is 1. The van der Waals surface area contributed by atoms with Gasteiger partial charge in [0, 0.05) is 100 Å². The number of halogens is 2. The molecule has 0 bridgehead atoms. The van der Waals surface area contributed by atoms with Crippen LogP contribution in [-0.4, -0.2) is 142 Å². The molecule has 2 aliphatic rings. The summed E-state index contributed by atoms with van der Waals surface area (Å²) in [4.78, 5) is 120. The number of aliphatic hydroxyl groups is 1. The number of amides is 8. The van der Waals surface area contributed by atoms with Crippen molar-refractivity contribution < 1.29 is 61.8 Å². The van der Waals surface area contributed by atoms with Gasteiger partial charge in [-0.15, -0.1) is 0 Å². The monoisotopic (exact) mass is 1060 g/mol. The van der Waals surface area contributed by atoms with Gasteiger partial charge in [-0.05, 0) is 60.4 Å². The molecule has 22 heteroatoms. The maximum absolute atomic E-state index is 15.2. The largest absolute Gasteiger partial charge is 0.462 e. The highest BCUT2D eigenvalue weighted by Gasteiger charge is 2.38. The Hall–Kier alpha value is -7.33. The minimum Gasteiger partial charge on any atom is -0.462 e. The fourth-order valence-electron chi connectivity index (χ4n) is 9.34. The molecular formula is C54H71F2N9O11. The Morgan fingerprint density at radius 1 is 0.908 bits per heavy atom. The van der Waals surface area contributed by atoms with Crippen LogP contribution >= 0.6 is 0 Å². The first kappa shape index (κ1) is 59.5. The second-order valence-electron chi connectivity index (χ2n) is 20.5. The molecule has 2 aliphatic heterocycles. The van der Waals surface area contributed by atoms with Gasteiger partial charge in [0.1, 0.15) is 30.9 Å². The SMILES string of the molecule is CC(C)[C@H](NC(=O)CCNC(=O)[C@@H](N)CCN(C(=O)CO)[C@@H](c1cc(-c2cc(F)ccc2F)cn1Cc1ccccc1)C(C)(C)C)C(=O)C[C@@H](CCCNC(N)=O)C(=O)OC1CCN(C(=O)CN2C(=O)C=CC2=O)CC1. The average Bonchev–Trinajstić information content (AvgIpc) is 3.92. The van der Waals surface area contributed by atoms with E-state index in [1.165, 1.54) is 9.80 Å². The third kappa shape index (κ3) is 16.8. The van der Waals surface area contributed by atoms with E-state index in [1.54, 1.807) is 26.1 Å². The molecule has 3 heterocycles. The van der Waals surface area contributed by atoms with Crippen LogP contribution in [0.3, 0.4) is 0 Å². The summed E-state index contributed by atoms with van der Waals surface area (Å²) in [6, 6.07) is 10.5. The predicted octanol–water partition coefficient (Wildman–Crippen LogP) is 3.24. The lowest BCUT2D eigenvalue weighted by Crippen LogP contribution is -2.48. The highest BCUT2D eigenvalue weighted by molar-refractivity contribution is 6.14. The number of nitrogens with two attached hydrogens (primary N) is 2. The van der Waals surface area contributed by atoms with E-state index < -0.39 is 119 Å². The number of esters is 1. The lowest BCUT2D eigenvalue weighted by Gasteiger charge is -2.41. The molecule has 4 atom stereocenters. The zero-order valence-electron chi connectivity index (χ0n) is 43.7. The van der Waals surface area contributed by atoms with Crippen molar-refractivity contribution in [2.45, 2.75) is 110 Å². The lowest BCUT2D eigenvalue weighted by molar-refractivity contribution is -0.159. The normalized spacial score (nSPS) is 15.5. The molecule has 8 amide bonds. The number of nitrogens with zero attached hydrogens (tertiary/aromatic N) is 4. The van der Waals surface area contributed by atoms with E-state index in [1.807, 2.05) is 55.7 Å². The topological polar surface area (TPSA) is 286 Å². The third-order valence-electron chi connectivity index (χ3n) is 13.3. The number of imide groups is 1. The fourth-order valence-corrected chi connectivity index (χ4v) is 9.34. The van der Waals surface area contributed by atoms with Crippen molar-refractivity contribution in [2.24, 2.45) is 28.7 Å². The number of piperidine rings is 1. The zero-order valence-corrected chi connectivity index (χ0v) is 43.7. The van der Waals surface area contributed by atoms with Crippen LogP contribution in [0, 0.1) is 28.9 Å². The van der Waals surface area contributed by atoms with Gasteiger partial charge in [-0.1, -0.05) is 65.0 Å². The van der Waals surface area contributed by atoms with Gasteiger partial charge >= 0.3 is 12.0 Å². The Morgan fingerprint density at radius 2 is 1.58 bits per heavy atom. The van der Waals surface area contributed by atoms with E-state index in [0.29, 0.717) is 17.8 Å². The number of ketones is 1. The maximum Gasteiger partial charge on any atom is 0.312 e. The fraction of sp³-hybridized carbons (Fsp3) is 0.500. The molecule has 0 spiro atoms. The number of likely N-dealkylation sites (tertiary alicyclic amines) is 1. The lowest BCUT2D eigenvalue weighted by atomic mass is 9.82. The second kappa shape index (κ2) is 27.5. The van der Waals surface area contributed by atoms with Crippen LogP contribution < -0.4 is 27.4 Å². The van der Waals surface area contributed by atoms with Crippen LogP contribution in [0.2, 0.25) is 0 Å². The molecule has 2 aromatic carbocycles. The van der Waals surface area contributed by atoms with Crippen LogP contribution in [0.4, 0.5) is 13.6 Å². The first-order valence-corrected chi connectivity index (χ1v) is 25.5. The summed E-state index contributed by atoms with van der Waals surface area (Å²) in [5, 5.41) is 18.0. The predicted molar refractivity (Wildman–Crippen MR) is 275 cm³/mol. The number of hydrogen-bond donors (Lipinski definition) is 6. The van der Waals surface area contributed by atoms with Gasteiger partial charge in [0.05, 0.1) is 24.0 Å².